The van der Waals surface area contributed by atoms with Crippen LogP contribution in [0.2, 0.25) is 0 Å². The molecule has 26 heavy (non-hydrogen) atoms. The van der Waals surface area contributed by atoms with Crippen molar-refractivity contribution in [3.8, 4) is 0 Å². The summed E-state index contributed by atoms with van der Waals surface area (Å²) in [5, 5.41) is 3.21. The van der Waals surface area contributed by atoms with Crippen LogP contribution in [0.1, 0.15) is 52.9 Å². The topological polar surface area (TPSA) is 49.4 Å². The van der Waals surface area contributed by atoms with E-state index in [0.717, 1.165) is 28.9 Å². The zero-order valence-corrected chi connectivity index (χ0v) is 17.5. The number of halogens is 1. The quantitative estimate of drug-likeness (QED) is 0.780. The van der Waals surface area contributed by atoms with Crippen LogP contribution >= 0.6 is 15.9 Å². The van der Waals surface area contributed by atoms with Gasteiger partial charge in [-0.1, -0.05) is 36.7 Å². The molecule has 3 rings (SSSR count). The van der Waals surface area contributed by atoms with Gasteiger partial charge in [0.05, 0.1) is 5.92 Å². The minimum absolute atomic E-state index is 0.0314. The molecular weight excluding hydrogens is 392 g/mol. The maximum atomic E-state index is 12.7. The van der Waals surface area contributed by atoms with Crippen LogP contribution < -0.4 is 10.2 Å². The van der Waals surface area contributed by atoms with Crippen LogP contribution in [0, 0.1) is 17.3 Å². The highest BCUT2D eigenvalue weighted by Crippen LogP contribution is 2.38. The second-order valence-corrected chi connectivity index (χ2v) is 9.72. The molecule has 2 amide bonds. The summed E-state index contributed by atoms with van der Waals surface area (Å²) in [4.78, 5) is 26.8. The summed E-state index contributed by atoms with van der Waals surface area (Å²) < 4.78 is 0.980. The van der Waals surface area contributed by atoms with E-state index in [1.165, 1.54) is 12.8 Å². The van der Waals surface area contributed by atoms with Crippen molar-refractivity contribution in [2.75, 3.05) is 11.4 Å². The van der Waals surface area contributed by atoms with Gasteiger partial charge < -0.3 is 10.2 Å². The van der Waals surface area contributed by atoms with Crippen LogP contribution in [0.15, 0.2) is 28.7 Å². The molecule has 0 bridgehead atoms. The second-order valence-electron chi connectivity index (χ2n) is 8.80. The van der Waals surface area contributed by atoms with Crippen molar-refractivity contribution in [3.05, 3.63) is 28.7 Å². The number of carbonyl (C=O) groups is 2. The molecule has 1 aromatic carbocycles. The molecular formula is C21H29BrN2O2. The number of anilines is 1. The molecule has 5 heteroatoms. The van der Waals surface area contributed by atoms with Crippen LogP contribution in [0.3, 0.4) is 0 Å². The summed E-state index contributed by atoms with van der Waals surface area (Å²) in [7, 11) is 0. The predicted octanol–water partition coefficient (Wildman–Crippen LogP) is 4.52. The largest absolute Gasteiger partial charge is 0.353 e. The smallest absolute Gasteiger partial charge is 0.227 e. The molecule has 0 radical (unpaired) electrons. The van der Waals surface area contributed by atoms with Gasteiger partial charge in [0.2, 0.25) is 11.8 Å². The molecule has 2 aliphatic rings. The van der Waals surface area contributed by atoms with Gasteiger partial charge in [-0.05, 0) is 61.3 Å². The fourth-order valence-electron chi connectivity index (χ4n) is 4.18. The normalized spacial score (nSPS) is 26.8. The van der Waals surface area contributed by atoms with E-state index < -0.39 is 0 Å². The highest BCUT2D eigenvalue weighted by Gasteiger charge is 2.37. The maximum absolute atomic E-state index is 12.7. The number of nitrogens with one attached hydrogen (secondary N) is 1. The van der Waals surface area contributed by atoms with Crippen LogP contribution in [-0.4, -0.2) is 24.4 Å². The van der Waals surface area contributed by atoms with E-state index in [9.17, 15) is 9.59 Å². The zero-order valence-electron chi connectivity index (χ0n) is 15.9. The van der Waals surface area contributed by atoms with Gasteiger partial charge in [0, 0.05) is 29.2 Å². The first kappa shape index (κ1) is 19.4. The summed E-state index contributed by atoms with van der Waals surface area (Å²) in [5.74, 6) is 0.559. The number of amides is 2. The maximum Gasteiger partial charge on any atom is 0.227 e. The Hall–Kier alpha value is -1.36. The monoisotopic (exact) mass is 420 g/mol. The molecule has 1 aliphatic carbocycles. The van der Waals surface area contributed by atoms with Crippen molar-refractivity contribution < 1.29 is 9.59 Å². The number of hydrogen-bond acceptors (Lipinski definition) is 2. The molecule has 2 fully saturated rings. The lowest BCUT2D eigenvalue weighted by Crippen LogP contribution is -2.42. The Kier molecular flexibility index (Phi) is 5.75. The third kappa shape index (κ3) is 4.48. The van der Waals surface area contributed by atoms with Gasteiger partial charge in [-0.2, -0.15) is 0 Å². The van der Waals surface area contributed by atoms with Gasteiger partial charge >= 0.3 is 0 Å². The van der Waals surface area contributed by atoms with Crippen molar-refractivity contribution in [2.45, 2.75) is 58.9 Å². The number of nitrogens with zero attached hydrogens (tertiary/aromatic N) is 1. The summed E-state index contributed by atoms with van der Waals surface area (Å²) in [5.41, 5.74) is 1.21. The van der Waals surface area contributed by atoms with Crippen molar-refractivity contribution in [3.63, 3.8) is 0 Å². The Morgan fingerprint density at radius 2 is 1.73 bits per heavy atom. The minimum Gasteiger partial charge on any atom is -0.353 e. The predicted molar refractivity (Wildman–Crippen MR) is 108 cm³/mol. The van der Waals surface area contributed by atoms with E-state index in [4.69, 9.17) is 0 Å². The lowest BCUT2D eigenvalue weighted by atomic mass is 9.71. The average molecular weight is 421 g/mol. The second kappa shape index (κ2) is 7.71. The van der Waals surface area contributed by atoms with Crippen LogP contribution in [0.25, 0.3) is 0 Å². The summed E-state index contributed by atoms with van der Waals surface area (Å²) in [6, 6.07) is 7.93. The molecule has 4 nitrogen and oxygen atoms in total. The highest BCUT2D eigenvalue weighted by molar-refractivity contribution is 9.10. The van der Waals surface area contributed by atoms with Crippen molar-refractivity contribution in [2.24, 2.45) is 17.3 Å². The summed E-state index contributed by atoms with van der Waals surface area (Å²) >= 11 is 3.41. The standard InChI is InChI=1S/C21H29BrN2O2/c1-21(2,3)15-4-8-17(9-5-15)23-20(26)14-12-19(25)24(13-14)18-10-6-16(22)7-11-18/h6-7,10-11,14-15,17H,4-5,8-9,12-13H2,1-3H3,(H,23,26)/t14-,15?,17?/m1/s1. The number of carbonyl (C=O) groups excluding carboxylic acids is 2. The molecule has 1 saturated carbocycles. The van der Waals surface area contributed by atoms with Crippen LogP contribution in [0.4, 0.5) is 5.69 Å². The van der Waals surface area contributed by atoms with Crippen LogP contribution in [0.5, 0.6) is 0 Å². The van der Waals surface area contributed by atoms with E-state index in [1.54, 1.807) is 4.90 Å². The molecule has 0 unspecified atom stereocenters. The number of hydrogen-bond donors (Lipinski definition) is 1. The molecule has 1 N–H and O–H groups in total. The Morgan fingerprint density at radius 3 is 2.31 bits per heavy atom. The number of rotatable bonds is 3. The Bertz CT molecular complexity index is 658. The first-order valence-electron chi connectivity index (χ1n) is 9.60. The van der Waals surface area contributed by atoms with Gasteiger partial charge in [0.1, 0.15) is 0 Å². The van der Waals surface area contributed by atoms with Crippen LogP contribution in [-0.2, 0) is 9.59 Å². The van der Waals surface area contributed by atoms with Crippen molar-refractivity contribution >= 4 is 33.4 Å². The van der Waals surface area contributed by atoms with E-state index in [1.807, 2.05) is 24.3 Å². The fraction of sp³-hybridized carbons (Fsp3) is 0.619. The van der Waals surface area contributed by atoms with E-state index >= 15 is 0 Å². The van der Waals surface area contributed by atoms with Gasteiger partial charge in [0.25, 0.3) is 0 Å². The lowest BCUT2D eigenvalue weighted by molar-refractivity contribution is -0.127. The summed E-state index contributed by atoms with van der Waals surface area (Å²) in [6.07, 6.45) is 4.74. The molecule has 1 heterocycles. The fourth-order valence-corrected chi connectivity index (χ4v) is 4.44. The molecule has 0 spiro atoms. The Labute approximate surface area is 164 Å². The van der Waals surface area contributed by atoms with Crippen molar-refractivity contribution in [1.82, 2.24) is 5.32 Å². The van der Waals surface area contributed by atoms with Gasteiger partial charge in [-0.25, -0.2) is 0 Å². The van der Waals surface area contributed by atoms with Gasteiger partial charge in [-0.3, -0.25) is 9.59 Å². The van der Waals surface area contributed by atoms with E-state index in [-0.39, 0.29) is 23.8 Å². The molecule has 142 valence electrons. The lowest BCUT2D eigenvalue weighted by Gasteiger charge is -2.37. The van der Waals surface area contributed by atoms with Gasteiger partial charge in [-0.15, -0.1) is 0 Å². The third-order valence-corrected chi connectivity index (χ3v) is 6.46. The summed E-state index contributed by atoms with van der Waals surface area (Å²) in [6.45, 7) is 7.38. The molecule has 1 aliphatic heterocycles. The Balaban J connectivity index is 1.53. The SMILES string of the molecule is CC(C)(C)C1CCC(NC(=O)[C@@H]2CC(=O)N(c3ccc(Br)cc3)C2)CC1. The molecule has 0 aromatic heterocycles. The first-order chi connectivity index (χ1) is 12.2. The zero-order chi connectivity index (χ0) is 18.9. The highest BCUT2D eigenvalue weighted by atomic mass is 79.9. The molecule has 1 aromatic rings. The van der Waals surface area contributed by atoms with Gasteiger partial charge in [0.15, 0.2) is 0 Å². The average Bonchev–Trinajstić information content (AvgIpc) is 2.97. The molecule has 1 atom stereocenters. The Morgan fingerprint density at radius 1 is 1.12 bits per heavy atom. The first-order valence-corrected chi connectivity index (χ1v) is 10.4. The minimum atomic E-state index is -0.244. The third-order valence-electron chi connectivity index (χ3n) is 5.93. The van der Waals surface area contributed by atoms with E-state index in [0.29, 0.717) is 18.4 Å². The van der Waals surface area contributed by atoms with E-state index in [2.05, 4.69) is 42.0 Å². The molecule has 1 saturated heterocycles. The number of benzene rings is 1. The van der Waals surface area contributed by atoms with Crippen molar-refractivity contribution in [1.29, 1.82) is 0 Å².